The van der Waals surface area contributed by atoms with Gasteiger partial charge in [0.2, 0.25) is 0 Å². The van der Waals surface area contributed by atoms with Gasteiger partial charge in [0, 0.05) is 30.0 Å². The lowest BCUT2D eigenvalue weighted by Crippen LogP contribution is -2.04. The maximum absolute atomic E-state index is 11.3. The monoisotopic (exact) mass is 312 g/mol. The van der Waals surface area contributed by atoms with E-state index in [1.165, 1.54) is 19.1 Å². The average Bonchev–Trinajstić information content (AvgIpc) is 2.28. The van der Waals surface area contributed by atoms with Crippen LogP contribution in [0.1, 0.15) is 12.5 Å². The van der Waals surface area contributed by atoms with Gasteiger partial charge in [-0.1, -0.05) is 0 Å². The number of benzene rings is 1. The summed E-state index contributed by atoms with van der Waals surface area (Å²) in [7, 11) is 0. The lowest BCUT2D eigenvalue weighted by Gasteiger charge is -2.06. The topological polar surface area (TPSA) is 76.7 Å². The number of ether oxygens (including phenoxy) is 1. The van der Waals surface area contributed by atoms with E-state index in [4.69, 9.17) is 9.15 Å². The van der Waals surface area contributed by atoms with E-state index in [1.54, 1.807) is 6.07 Å². The molecule has 0 bridgehead atoms. The molecular formula is C12H9BrO5. The molecule has 0 radical (unpaired) electrons. The number of halogens is 1. The highest BCUT2D eigenvalue weighted by atomic mass is 79.9. The molecule has 1 aromatic carbocycles. The van der Waals surface area contributed by atoms with E-state index in [-0.39, 0.29) is 17.9 Å². The average molecular weight is 313 g/mol. The molecular weight excluding hydrogens is 304 g/mol. The first-order valence-corrected chi connectivity index (χ1v) is 5.85. The van der Waals surface area contributed by atoms with Crippen LogP contribution in [0.5, 0.6) is 5.75 Å². The summed E-state index contributed by atoms with van der Waals surface area (Å²) in [6, 6.07) is 4.19. The molecule has 1 aromatic heterocycles. The molecule has 0 saturated carbocycles. The summed E-state index contributed by atoms with van der Waals surface area (Å²) in [4.78, 5) is 22.1. The van der Waals surface area contributed by atoms with Gasteiger partial charge >= 0.3 is 11.6 Å². The van der Waals surface area contributed by atoms with E-state index in [0.717, 1.165) is 0 Å². The van der Waals surface area contributed by atoms with Crippen molar-refractivity contribution in [2.45, 2.75) is 13.5 Å². The van der Waals surface area contributed by atoms with Crippen LogP contribution in [-0.4, -0.2) is 11.1 Å². The second-order valence-electron chi connectivity index (χ2n) is 3.67. The summed E-state index contributed by atoms with van der Waals surface area (Å²) in [5, 5.41) is 10.1. The summed E-state index contributed by atoms with van der Waals surface area (Å²) in [5.41, 5.74) is 0.203. The van der Waals surface area contributed by atoms with Crippen LogP contribution in [0, 0.1) is 0 Å². The minimum atomic E-state index is -0.564. The second kappa shape index (κ2) is 4.81. The van der Waals surface area contributed by atoms with Crippen LogP contribution >= 0.6 is 15.9 Å². The van der Waals surface area contributed by atoms with Crippen molar-refractivity contribution in [3.8, 4) is 5.75 Å². The lowest BCUT2D eigenvalue weighted by molar-refractivity contribution is -0.142. The first-order chi connectivity index (χ1) is 8.47. The van der Waals surface area contributed by atoms with Crippen molar-refractivity contribution in [1.29, 1.82) is 0 Å². The summed E-state index contributed by atoms with van der Waals surface area (Å²) < 4.78 is 10.3. The number of phenols is 1. The number of hydrogen-bond acceptors (Lipinski definition) is 5. The Hall–Kier alpha value is -1.82. The minimum absolute atomic E-state index is 0.0192. The van der Waals surface area contributed by atoms with Crippen molar-refractivity contribution < 1.29 is 19.1 Å². The fourth-order valence-electron chi connectivity index (χ4n) is 1.53. The molecule has 0 spiro atoms. The molecule has 5 nitrogen and oxygen atoms in total. The maximum Gasteiger partial charge on any atom is 0.336 e. The molecule has 0 aliphatic heterocycles. The first-order valence-electron chi connectivity index (χ1n) is 5.06. The Labute approximate surface area is 110 Å². The van der Waals surface area contributed by atoms with Crippen molar-refractivity contribution in [2.75, 3.05) is 0 Å². The van der Waals surface area contributed by atoms with Crippen LogP contribution in [-0.2, 0) is 16.1 Å². The van der Waals surface area contributed by atoms with Crippen molar-refractivity contribution >= 4 is 32.9 Å². The normalized spacial score (nSPS) is 10.6. The molecule has 0 saturated heterocycles. The quantitative estimate of drug-likeness (QED) is 0.680. The zero-order valence-electron chi connectivity index (χ0n) is 9.40. The van der Waals surface area contributed by atoms with E-state index in [0.29, 0.717) is 15.4 Å². The van der Waals surface area contributed by atoms with Crippen molar-refractivity contribution in [3.05, 3.63) is 38.7 Å². The summed E-state index contributed by atoms with van der Waals surface area (Å²) in [6.45, 7) is 1.27. The van der Waals surface area contributed by atoms with Crippen LogP contribution in [0.15, 0.2) is 31.9 Å². The maximum atomic E-state index is 11.3. The molecule has 0 unspecified atom stereocenters. The van der Waals surface area contributed by atoms with Gasteiger partial charge in [-0.2, -0.15) is 0 Å². The lowest BCUT2D eigenvalue weighted by atomic mass is 10.1. The standard InChI is InChI=1S/C12H9BrO5/c1-6(14)17-5-7-2-12(16)18-11-4-10(15)9(13)3-8(7)11/h2-4,15H,5H2,1H3. The highest BCUT2D eigenvalue weighted by Crippen LogP contribution is 2.30. The fraction of sp³-hybridized carbons (Fsp3) is 0.167. The highest BCUT2D eigenvalue weighted by Gasteiger charge is 2.10. The van der Waals surface area contributed by atoms with Crippen molar-refractivity contribution in [2.24, 2.45) is 0 Å². The fourth-order valence-corrected chi connectivity index (χ4v) is 1.88. The number of rotatable bonds is 2. The largest absolute Gasteiger partial charge is 0.507 e. The van der Waals surface area contributed by atoms with Crippen LogP contribution in [0.3, 0.4) is 0 Å². The smallest absolute Gasteiger partial charge is 0.336 e. The second-order valence-corrected chi connectivity index (χ2v) is 4.53. The molecule has 0 fully saturated rings. The van der Waals surface area contributed by atoms with Crippen molar-refractivity contribution in [3.63, 3.8) is 0 Å². The van der Waals surface area contributed by atoms with E-state index in [9.17, 15) is 14.7 Å². The van der Waals surface area contributed by atoms with E-state index >= 15 is 0 Å². The minimum Gasteiger partial charge on any atom is -0.507 e. The summed E-state index contributed by atoms with van der Waals surface area (Å²) in [5.74, 6) is -0.468. The number of carbonyl (C=O) groups excluding carboxylic acids is 1. The highest BCUT2D eigenvalue weighted by molar-refractivity contribution is 9.10. The Kier molecular flexibility index (Phi) is 3.38. The van der Waals surface area contributed by atoms with Gasteiger partial charge in [-0.25, -0.2) is 4.79 Å². The third kappa shape index (κ3) is 2.53. The predicted molar refractivity (Wildman–Crippen MR) is 67.3 cm³/mol. The Bertz CT molecular complexity index is 674. The first kappa shape index (κ1) is 12.6. The zero-order chi connectivity index (χ0) is 13.3. The van der Waals surface area contributed by atoms with Gasteiger partial charge in [-0.15, -0.1) is 0 Å². The van der Waals surface area contributed by atoms with Gasteiger partial charge in [0.15, 0.2) is 0 Å². The van der Waals surface area contributed by atoms with Crippen LogP contribution in [0.2, 0.25) is 0 Å². The predicted octanol–water partition coefficient (Wildman–Crippen LogP) is 2.32. The number of esters is 1. The van der Waals surface area contributed by atoms with Gasteiger partial charge in [-0.3, -0.25) is 4.79 Å². The Morgan fingerprint density at radius 2 is 2.17 bits per heavy atom. The van der Waals surface area contributed by atoms with Gasteiger partial charge in [-0.05, 0) is 22.0 Å². The number of phenolic OH excluding ortho intramolecular Hbond substituents is 1. The van der Waals surface area contributed by atoms with Gasteiger partial charge in [0.25, 0.3) is 0 Å². The number of aromatic hydroxyl groups is 1. The third-order valence-electron chi connectivity index (χ3n) is 2.33. The Morgan fingerprint density at radius 3 is 2.83 bits per heavy atom. The van der Waals surface area contributed by atoms with Gasteiger partial charge in [0.1, 0.15) is 17.9 Å². The molecule has 2 aromatic rings. The Morgan fingerprint density at radius 1 is 1.44 bits per heavy atom. The molecule has 6 heteroatoms. The molecule has 0 atom stereocenters. The van der Waals surface area contributed by atoms with Crippen molar-refractivity contribution in [1.82, 2.24) is 0 Å². The number of hydrogen-bond donors (Lipinski definition) is 1. The van der Waals surface area contributed by atoms with E-state index in [1.807, 2.05) is 0 Å². The number of fused-ring (bicyclic) bond motifs is 1. The third-order valence-corrected chi connectivity index (χ3v) is 2.96. The van der Waals surface area contributed by atoms with Crippen LogP contribution in [0.25, 0.3) is 11.0 Å². The molecule has 0 amide bonds. The van der Waals surface area contributed by atoms with Crippen LogP contribution in [0.4, 0.5) is 0 Å². The van der Waals surface area contributed by atoms with E-state index < -0.39 is 11.6 Å². The Balaban J connectivity index is 2.60. The molecule has 94 valence electrons. The molecule has 18 heavy (non-hydrogen) atoms. The molecule has 0 aliphatic rings. The summed E-state index contributed by atoms with van der Waals surface area (Å²) >= 11 is 3.17. The summed E-state index contributed by atoms with van der Waals surface area (Å²) in [6.07, 6.45) is 0. The number of carbonyl (C=O) groups is 1. The molecule has 2 rings (SSSR count). The SMILES string of the molecule is CC(=O)OCc1cc(=O)oc2cc(O)c(Br)cc12. The zero-order valence-corrected chi connectivity index (χ0v) is 11.0. The van der Waals surface area contributed by atoms with E-state index in [2.05, 4.69) is 15.9 Å². The molecule has 0 aliphatic carbocycles. The van der Waals surface area contributed by atoms with Gasteiger partial charge < -0.3 is 14.3 Å². The molecule has 1 N–H and O–H groups in total. The molecule has 1 heterocycles. The van der Waals surface area contributed by atoms with Crippen LogP contribution < -0.4 is 5.63 Å². The van der Waals surface area contributed by atoms with Gasteiger partial charge in [0.05, 0.1) is 4.47 Å².